The van der Waals surface area contributed by atoms with Gasteiger partial charge < -0.3 is 10.1 Å². The van der Waals surface area contributed by atoms with E-state index in [4.69, 9.17) is 4.74 Å². The lowest BCUT2D eigenvalue weighted by molar-refractivity contribution is 0.0148. The van der Waals surface area contributed by atoms with Crippen LogP contribution in [0.15, 0.2) is 0 Å². The minimum Gasteiger partial charge on any atom is -0.377 e. The predicted octanol–water partition coefficient (Wildman–Crippen LogP) is 2.44. The molecule has 1 aliphatic carbocycles. The molecule has 2 heteroatoms. The maximum atomic E-state index is 5.37. The van der Waals surface area contributed by atoms with Crippen molar-refractivity contribution >= 4 is 0 Å². The zero-order valence-corrected chi connectivity index (χ0v) is 10.3. The smallest absolute Gasteiger partial charge is 0.0746 e. The summed E-state index contributed by atoms with van der Waals surface area (Å²) < 4.78 is 5.37. The van der Waals surface area contributed by atoms with Gasteiger partial charge in [-0.15, -0.1) is 0 Å². The van der Waals surface area contributed by atoms with Gasteiger partial charge in [-0.2, -0.15) is 0 Å². The molecule has 0 aromatic carbocycles. The van der Waals surface area contributed by atoms with Crippen LogP contribution >= 0.6 is 0 Å². The SMILES string of the molecule is COC(C)(C)CNC1CC(C(C)C)C1. The van der Waals surface area contributed by atoms with Crippen molar-refractivity contribution < 1.29 is 4.74 Å². The van der Waals surface area contributed by atoms with E-state index in [0.717, 1.165) is 24.4 Å². The lowest BCUT2D eigenvalue weighted by atomic mass is 9.73. The van der Waals surface area contributed by atoms with Crippen LogP contribution in [0.3, 0.4) is 0 Å². The first-order valence-electron chi connectivity index (χ1n) is 5.73. The molecule has 0 atom stereocenters. The Morgan fingerprint density at radius 1 is 1.36 bits per heavy atom. The standard InChI is InChI=1S/C12H25NO/c1-9(2)10-6-11(7-10)13-8-12(3,4)14-5/h9-11,13H,6-8H2,1-5H3. The van der Waals surface area contributed by atoms with Crippen LogP contribution in [0.5, 0.6) is 0 Å². The number of methoxy groups -OCH3 is 1. The molecule has 0 amide bonds. The summed E-state index contributed by atoms with van der Waals surface area (Å²) in [6.45, 7) is 9.84. The molecule has 14 heavy (non-hydrogen) atoms. The molecule has 1 rings (SSSR count). The van der Waals surface area contributed by atoms with Crippen molar-refractivity contribution in [2.75, 3.05) is 13.7 Å². The Morgan fingerprint density at radius 3 is 2.36 bits per heavy atom. The first kappa shape index (κ1) is 12.0. The van der Waals surface area contributed by atoms with Crippen LogP contribution < -0.4 is 5.32 Å². The van der Waals surface area contributed by atoms with Gasteiger partial charge in [-0.1, -0.05) is 13.8 Å². The van der Waals surface area contributed by atoms with E-state index >= 15 is 0 Å². The van der Waals surface area contributed by atoms with Crippen LogP contribution in [0.1, 0.15) is 40.5 Å². The van der Waals surface area contributed by atoms with Crippen LogP contribution in [0.25, 0.3) is 0 Å². The molecule has 1 aliphatic rings. The topological polar surface area (TPSA) is 21.3 Å². The van der Waals surface area contributed by atoms with Crippen LogP contribution in [0, 0.1) is 11.8 Å². The van der Waals surface area contributed by atoms with Crippen molar-refractivity contribution in [2.45, 2.75) is 52.2 Å². The van der Waals surface area contributed by atoms with Gasteiger partial charge in [-0.05, 0) is 38.5 Å². The Kier molecular flexibility index (Phi) is 3.96. The Balaban J connectivity index is 2.12. The molecule has 1 fully saturated rings. The van der Waals surface area contributed by atoms with E-state index in [2.05, 4.69) is 33.0 Å². The summed E-state index contributed by atoms with van der Waals surface area (Å²) in [5, 5.41) is 3.57. The Labute approximate surface area is 88.4 Å². The molecule has 0 saturated heterocycles. The van der Waals surface area contributed by atoms with Gasteiger partial charge in [0.1, 0.15) is 0 Å². The molecular weight excluding hydrogens is 174 g/mol. The molecule has 0 unspecified atom stereocenters. The minimum atomic E-state index is -0.0249. The molecule has 1 N–H and O–H groups in total. The van der Waals surface area contributed by atoms with Gasteiger partial charge >= 0.3 is 0 Å². The van der Waals surface area contributed by atoms with Gasteiger partial charge in [0, 0.05) is 19.7 Å². The lowest BCUT2D eigenvalue weighted by Gasteiger charge is -2.40. The van der Waals surface area contributed by atoms with Crippen molar-refractivity contribution in [3.05, 3.63) is 0 Å². The average molecular weight is 199 g/mol. The fraction of sp³-hybridized carbons (Fsp3) is 1.00. The largest absolute Gasteiger partial charge is 0.377 e. The number of ether oxygens (including phenoxy) is 1. The third-order valence-electron chi connectivity index (χ3n) is 3.49. The summed E-state index contributed by atoms with van der Waals surface area (Å²) in [6, 6.07) is 0.733. The second-order valence-corrected chi connectivity index (χ2v) is 5.52. The summed E-state index contributed by atoms with van der Waals surface area (Å²) >= 11 is 0. The van der Waals surface area contributed by atoms with Crippen molar-refractivity contribution in [2.24, 2.45) is 11.8 Å². The Bertz CT molecular complexity index is 171. The molecule has 0 radical (unpaired) electrons. The molecule has 0 heterocycles. The molecule has 0 bridgehead atoms. The van der Waals surface area contributed by atoms with Gasteiger partial charge in [-0.3, -0.25) is 0 Å². The number of nitrogens with one attached hydrogen (secondary N) is 1. The summed E-state index contributed by atoms with van der Waals surface area (Å²) in [6.07, 6.45) is 2.69. The van der Waals surface area contributed by atoms with E-state index in [1.807, 2.05) is 0 Å². The highest BCUT2D eigenvalue weighted by Crippen LogP contribution is 2.33. The predicted molar refractivity (Wildman–Crippen MR) is 60.4 cm³/mol. The molecule has 2 nitrogen and oxygen atoms in total. The fourth-order valence-corrected chi connectivity index (χ4v) is 1.84. The summed E-state index contributed by atoms with van der Waals surface area (Å²) in [5.41, 5.74) is -0.0249. The van der Waals surface area contributed by atoms with Gasteiger partial charge in [0.25, 0.3) is 0 Å². The Hall–Kier alpha value is -0.0800. The van der Waals surface area contributed by atoms with Crippen molar-refractivity contribution in [3.8, 4) is 0 Å². The van der Waals surface area contributed by atoms with Crippen LogP contribution in [-0.2, 0) is 4.74 Å². The van der Waals surface area contributed by atoms with E-state index in [1.54, 1.807) is 7.11 Å². The van der Waals surface area contributed by atoms with Crippen LogP contribution in [0.4, 0.5) is 0 Å². The zero-order valence-electron chi connectivity index (χ0n) is 10.3. The Morgan fingerprint density at radius 2 is 1.93 bits per heavy atom. The van der Waals surface area contributed by atoms with E-state index in [-0.39, 0.29) is 5.60 Å². The quantitative estimate of drug-likeness (QED) is 0.734. The fourth-order valence-electron chi connectivity index (χ4n) is 1.84. The first-order valence-corrected chi connectivity index (χ1v) is 5.73. The monoisotopic (exact) mass is 199 g/mol. The highest BCUT2D eigenvalue weighted by Gasteiger charge is 2.31. The molecule has 84 valence electrons. The zero-order chi connectivity index (χ0) is 10.8. The molecular formula is C12H25NO. The van der Waals surface area contributed by atoms with Crippen molar-refractivity contribution in [1.29, 1.82) is 0 Å². The average Bonchev–Trinajstić information content (AvgIpc) is 2.00. The highest BCUT2D eigenvalue weighted by atomic mass is 16.5. The van der Waals surface area contributed by atoms with E-state index in [9.17, 15) is 0 Å². The lowest BCUT2D eigenvalue weighted by Crippen LogP contribution is -2.48. The number of rotatable bonds is 5. The summed E-state index contributed by atoms with van der Waals surface area (Å²) in [4.78, 5) is 0. The molecule has 0 spiro atoms. The van der Waals surface area contributed by atoms with Gasteiger partial charge in [-0.25, -0.2) is 0 Å². The van der Waals surface area contributed by atoms with Gasteiger partial charge in [0.05, 0.1) is 5.60 Å². The maximum Gasteiger partial charge on any atom is 0.0746 e. The highest BCUT2D eigenvalue weighted by molar-refractivity contribution is 4.88. The first-order chi connectivity index (χ1) is 6.44. The van der Waals surface area contributed by atoms with Gasteiger partial charge in [0.2, 0.25) is 0 Å². The van der Waals surface area contributed by atoms with E-state index < -0.39 is 0 Å². The maximum absolute atomic E-state index is 5.37. The molecule has 0 aromatic heterocycles. The van der Waals surface area contributed by atoms with E-state index in [1.165, 1.54) is 12.8 Å². The number of hydrogen-bond donors (Lipinski definition) is 1. The third kappa shape index (κ3) is 3.25. The van der Waals surface area contributed by atoms with Crippen molar-refractivity contribution in [1.82, 2.24) is 5.32 Å². The van der Waals surface area contributed by atoms with Crippen molar-refractivity contribution in [3.63, 3.8) is 0 Å². The second-order valence-electron chi connectivity index (χ2n) is 5.52. The normalized spacial score (nSPS) is 27.9. The molecule has 1 saturated carbocycles. The van der Waals surface area contributed by atoms with Gasteiger partial charge in [0.15, 0.2) is 0 Å². The van der Waals surface area contributed by atoms with Crippen LogP contribution in [-0.4, -0.2) is 25.3 Å². The molecule has 0 aromatic rings. The third-order valence-corrected chi connectivity index (χ3v) is 3.49. The second kappa shape index (κ2) is 4.63. The van der Waals surface area contributed by atoms with Crippen LogP contribution in [0.2, 0.25) is 0 Å². The number of hydrogen-bond acceptors (Lipinski definition) is 2. The minimum absolute atomic E-state index is 0.0249. The van der Waals surface area contributed by atoms with E-state index in [0.29, 0.717) is 0 Å². The summed E-state index contributed by atoms with van der Waals surface area (Å²) in [7, 11) is 1.78. The summed E-state index contributed by atoms with van der Waals surface area (Å²) in [5.74, 6) is 1.79. The molecule has 0 aliphatic heterocycles.